The van der Waals surface area contributed by atoms with Crippen LogP contribution < -0.4 is 5.30 Å². The first kappa shape index (κ1) is 13.7. The fraction of sp³-hybridized carbons (Fsp3) is 0. The van der Waals surface area contributed by atoms with E-state index in [-0.39, 0.29) is 5.30 Å². The van der Waals surface area contributed by atoms with E-state index in [1.165, 1.54) is 23.9 Å². The zero-order valence-electron chi connectivity index (χ0n) is 9.15. The van der Waals surface area contributed by atoms with Gasteiger partial charge in [0, 0.05) is 14.8 Å². The molecule has 0 heterocycles. The number of rotatable bonds is 3. The van der Waals surface area contributed by atoms with Gasteiger partial charge in [0.1, 0.15) is 0 Å². The molecule has 0 atom stereocenters. The van der Waals surface area contributed by atoms with Gasteiger partial charge in [-0.1, -0.05) is 23.4 Å². The quantitative estimate of drug-likeness (QED) is 0.854. The van der Waals surface area contributed by atoms with E-state index in [1.54, 1.807) is 24.3 Å². The largest absolute Gasteiger partial charge is 0.356 e. The number of hydrogen-bond donors (Lipinski definition) is 2. The maximum atomic E-state index is 11.0. The van der Waals surface area contributed by atoms with Crippen LogP contribution in [-0.4, -0.2) is 9.79 Å². The molecule has 0 radical (unpaired) electrons. The average Bonchev–Trinajstić information content (AvgIpc) is 2.32. The van der Waals surface area contributed by atoms with Gasteiger partial charge >= 0.3 is 7.60 Å². The fourth-order valence-electron chi connectivity index (χ4n) is 1.35. The van der Waals surface area contributed by atoms with Gasteiger partial charge in [0.05, 0.1) is 5.30 Å². The summed E-state index contributed by atoms with van der Waals surface area (Å²) >= 11 is 7.29. The molecule has 18 heavy (non-hydrogen) atoms. The molecule has 0 aromatic heterocycles. The van der Waals surface area contributed by atoms with E-state index in [2.05, 4.69) is 0 Å². The summed E-state index contributed by atoms with van der Waals surface area (Å²) < 4.78 is 11.0. The first-order valence-electron chi connectivity index (χ1n) is 5.05. The van der Waals surface area contributed by atoms with Gasteiger partial charge in [-0.3, -0.25) is 4.57 Å². The van der Waals surface area contributed by atoms with Crippen molar-refractivity contribution in [2.24, 2.45) is 0 Å². The lowest BCUT2D eigenvalue weighted by atomic mass is 10.4. The summed E-state index contributed by atoms with van der Waals surface area (Å²) in [5.74, 6) is 0. The van der Waals surface area contributed by atoms with Crippen molar-refractivity contribution in [3.8, 4) is 0 Å². The lowest BCUT2D eigenvalue weighted by Gasteiger charge is -2.05. The van der Waals surface area contributed by atoms with Gasteiger partial charge in [0.15, 0.2) is 0 Å². The molecule has 2 N–H and O–H groups in total. The van der Waals surface area contributed by atoms with E-state index in [4.69, 9.17) is 21.4 Å². The minimum atomic E-state index is -4.15. The molecular formula is C12H10ClO3PS. The van der Waals surface area contributed by atoms with E-state index in [0.29, 0.717) is 5.02 Å². The molecule has 0 spiro atoms. The maximum absolute atomic E-state index is 11.0. The monoisotopic (exact) mass is 300 g/mol. The Kier molecular flexibility index (Phi) is 4.15. The molecular weight excluding hydrogens is 291 g/mol. The van der Waals surface area contributed by atoms with Gasteiger partial charge in [-0.25, -0.2) is 0 Å². The molecule has 6 heteroatoms. The number of halogens is 1. The summed E-state index contributed by atoms with van der Waals surface area (Å²) in [7, 11) is -4.15. The van der Waals surface area contributed by atoms with Crippen molar-refractivity contribution in [2.75, 3.05) is 0 Å². The second-order valence-electron chi connectivity index (χ2n) is 3.59. The van der Waals surface area contributed by atoms with Crippen molar-refractivity contribution >= 4 is 36.3 Å². The third kappa shape index (κ3) is 3.61. The SMILES string of the molecule is O=P(O)(O)c1ccc(Sc2ccc(Cl)cc2)cc1. The Morgan fingerprint density at radius 2 is 1.33 bits per heavy atom. The van der Waals surface area contributed by atoms with Crippen molar-refractivity contribution in [3.63, 3.8) is 0 Å². The zero-order chi connectivity index (χ0) is 13.2. The van der Waals surface area contributed by atoms with Crippen LogP contribution in [0.3, 0.4) is 0 Å². The van der Waals surface area contributed by atoms with Gasteiger partial charge in [-0.2, -0.15) is 0 Å². The van der Waals surface area contributed by atoms with Crippen LogP contribution in [0.1, 0.15) is 0 Å². The summed E-state index contributed by atoms with van der Waals surface area (Å²) in [6, 6.07) is 13.6. The van der Waals surface area contributed by atoms with Crippen LogP contribution in [0.5, 0.6) is 0 Å². The number of hydrogen-bond acceptors (Lipinski definition) is 2. The third-order valence-corrected chi connectivity index (χ3v) is 4.46. The molecule has 3 nitrogen and oxygen atoms in total. The van der Waals surface area contributed by atoms with Crippen LogP contribution in [0.15, 0.2) is 58.3 Å². The molecule has 2 rings (SSSR count). The smallest absolute Gasteiger partial charge is 0.321 e. The van der Waals surface area contributed by atoms with Crippen LogP contribution >= 0.6 is 31.0 Å². The van der Waals surface area contributed by atoms with E-state index < -0.39 is 7.60 Å². The highest BCUT2D eigenvalue weighted by molar-refractivity contribution is 7.99. The molecule has 0 aliphatic rings. The molecule has 0 amide bonds. The summed E-state index contributed by atoms with van der Waals surface area (Å²) in [6.07, 6.45) is 0. The predicted octanol–water partition coefficient (Wildman–Crippen LogP) is 3.29. The Bertz CT molecular complexity index is 577. The Morgan fingerprint density at radius 1 is 0.889 bits per heavy atom. The van der Waals surface area contributed by atoms with Crippen LogP contribution in [-0.2, 0) is 4.57 Å². The second kappa shape index (κ2) is 5.47. The van der Waals surface area contributed by atoms with Crippen LogP contribution in [0.25, 0.3) is 0 Å². The minimum Gasteiger partial charge on any atom is -0.321 e. The van der Waals surface area contributed by atoms with E-state index in [0.717, 1.165) is 9.79 Å². The van der Waals surface area contributed by atoms with Gasteiger partial charge in [0.25, 0.3) is 0 Å². The van der Waals surface area contributed by atoms with Gasteiger partial charge in [-0.05, 0) is 48.5 Å². The minimum absolute atomic E-state index is 0.0305. The normalized spacial score (nSPS) is 11.5. The summed E-state index contributed by atoms with van der Waals surface area (Å²) in [4.78, 5) is 19.9. The third-order valence-electron chi connectivity index (χ3n) is 2.22. The molecule has 2 aromatic carbocycles. The summed E-state index contributed by atoms with van der Waals surface area (Å²) in [5.41, 5.74) is 0. The van der Waals surface area contributed by atoms with E-state index in [9.17, 15) is 4.57 Å². The highest BCUT2D eigenvalue weighted by Crippen LogP contribution is 2.34. The van der Waals surface area contributed by atoms with Crippen molar-refractivity contribution < 1.29 is 14.4 Å². The molecule has 94 valence electrons. The van der Waals surface area contributed by atoms with Gasteiger partial charge in [0.2, 0.25) is 0 Å². The lowest BCUT2D eigenvalue weighted by molar-refractivity contribution is 0.387. The van der Waals surface area contributed by atoms with Crippen LogP contribution in [0.4, 0.5) is 0 Å². The summed E-state index contributed by atoms with van der Waals surface area (Å²) in [5, 5.41) is 0.708. The van der Waals surface area contributed by atoms with Crippen molar-refractivity contribution in [2.45, 2.75) is 9.79 Å². The average molecular weight is 301 g/mol. The Hall–Kier alpha value is -0.770. The molecule has 2 aromatic rings. The number of benzene rings is 2. The molecule has 0 fully saturated rings. The molecule has 0 saturated carbocycles. The first-order chi connectivity index (χ1) is 8.45. The summed E-state index contributed by atoms with van der Waals surface area (Å²) in [6.45, 7) is 0. The topological polar surface area (TPSA) is 57.5 Å². The highest BCUT2D eigenvalue weighted by Gasteiger charge is 2.16. The van der Waals surface area contributed by atoms with Gasteiger partial charge in [-0.15, -0.1) is 0 Å². The van der Waals surface area contributed by atoms with Crippen molar-refractivity contribution in [1.29, 1.82) is 0 Å². The van der Waals surface area contributed by atoms with Crippen molar-refractivity contribution in [3.05, 3.63) is 53.6 Å². The first-order valence-corrected chi connectivity index (χ1v) is 7.85. The van der Waals surface area contributed by atoms with Gasteiger partial charge < -0.3 is 9.79 Å². The Labute approximate surface area is 114 Å². The Balaban J connectivity index is 2.16. The lowest BCUT2D eigenvalue weighted by Crippen LogP contribution is -2.02. The standard InChI is InChI=1S/C12H10ClO3PS/c13-9-1-5-11(6-2-9)18-12-7-3-10(4-8-12)17(14,15)16/h1-8H,(H2,14,15,16). The molecule has 0 bridgehead atoms. The second-order valence-corrected chi connectivity index (χ2v) is 6.78. The molecule has 0 aliphatic carbocycles. The Morgan fingerprint density at radius 3 is 1.78 bits per heavy atom. The predicted molar refractivity (Wildman–Crippen MR) is 73.7 cm³/mol. The maximum Gasteiger partial charge on any atom is 0.356 e. The zero-order valence-corrected chi connectivity index (χ0v) is 11.6. The molecule has 0 unspecified atom stereocenters. The van der Waals surface area contributed by atoms with E-state index in [1.807, 2.05) is 12.1 Å². The van der Waals surface area contributed by atoms with Crippen LogP contribution in [0.2, 0.25) is 5.02 Å². The van der Waals surface area contributed by atoms with Crippen LogP contribution in [0, 0.1) is 0 Å². The van der Waals surface area contributed by atoms with Crippen molar-refractivity contribution in [1.82, 2.24) is 0 Å². The fourth-order valence-corrected chi connectivity index (χ4v) is 2.83. The molecule has 0 saturated heterocycles. The molecule has 0 aliphatic heterocycles. The highest BCUT2D eigenvalue weighted by atomic mass is 35.5. The van der Waals surface area contributed by atoms with E-state index >= 15 is 0 Å².